The number of ether oxygens (including phenoxy) is 1. The predicted molar refractivity (Wildman–Crippen MR) is 68.1 cm³/mol. The maximum absolute atomic E-state index is 12.2. The highest BCUT2D eigenvalue weighted by Gasteiger charge is 2.56. The number of hydrogen-bond donors (Lipinski definition) is 1. The van der Waals surface area contributed by atoms with Crippen molar-refractivity contribution in [2.45, 2.75) is 39.4 Å². The van der Waals surface area contributed by atoms with E-state index in [2.05, 4.69) is 0 Å². The first-order valence-corrected chi connectivity index (χ1v) is 6.69. The Bertz CT molecular complexity index is 530. The van der Waals surface area contributed by atoms with Gasteiger partial charge in [-0.3, -0.25) is 4.79 Å². The smallest absolute Gasteiger partial charge is 0.334 e. The fourth-order valence-electron chi connectivity index (χ4n) is 3.84. The highest BCUT2D eigenvalue weighted by atomic mass is 16.5. The van der Waals surface area contributed by atoms with Crippen LogP contribution in [0.2, 0.25) is 0 Å². The number of carbonyl (C=O) groups is 2. The van der Waals surface area contributed by atoms with Gasteiger partial charge in [-0.1, -0.05) is 13.0 Å². The lowest BCUT2D eigenvalue weighted by Gasteiger charge is -2.35. The Morgan fingerprint density at radius 1 is 1.42 bits per heavy atom. The molecular formula is C15H18O4. The molecule has 5 atom stereocenters. The zero-order chi connectivity index (χ0) is 13.9. The van der Waals surface area contributed by atoms with Gasteiger partial charge < -0.3 is 9.84 Å². The highest BCUT2D eigenvalue weighted by Crippen LogP contribution is 2.51. The van der Waals surface area contributed by atoms with Gasteiger partial charge in [0.15, 0.2) is 5.78 Å². The fraction of sp³-hybridized carbons (Fsp3) is 0.600. The molecule has 3 rings (SSSR count). The summed E-state index contributed by atoms with van der Waals surface area (Å²) in [6.45, 7) is 5.51. The number of allylic oxidation sites excluding steroid dienone is 2. The topological polar surface area (TPSA) is 63.6 Å². The molecule has 4 heteroatoms. The van der Waals surface area contributed by atoms with Gasteiger partial charge in [0.25, 0.3) is 0 Å². The van der Waals surface area contributed by atoms with Crippen molar-refractivity contribution < 1.29 is 19.4 Å². The SMILES string of the molecule is CC1=C2C(CC(C)C3C=CC(=O)C3(C)C2O)OC1=O. The Labute approximate surface area is 112 Å². The summed E-state index contributed by atoms with van der Waals surface area (Å²) in [6.07, 6.45) is 2.81. The summed E-state index contributed by atoms with van der Waals surface area (Å²) in [7, 11) is 0. The van der Waals surface area contributed by atoms with Gasteiger partial charge in [0.05, 0.1) is 11.5 Å². The number of aliphatic hydroxyl groups excluding tert-OH is 1. The number of fused-ring (bicyclic) bond motifs is 2. The first kappa shape index (κ1) is 12.6. The molecule has 2 aliphatic carbocycles. The van der Waals surface area contributed by atoms with Crippen LogP contribution in [0.1, 0.15) is 27.2 Å². The summed E-state index contributed by atoms with van der Waals surface area (Å²) in [5, 5.41) is 10.7. The van der Waals surface area contributed by atoms with Crippen LogP contribution in [0.15, 0.2) is 23.3 Å². The van der Waals surface area contributed by atoms with Crippen molar-refractivity contribution >= 4 is 11.8 Å². The molecule has 1 N–H and O–H groups in total. The summed E-state index contributed by atoms with van der Waals surface area (Å²) in [5.74, 6) is -0.244. The Kier molecular flexibility index (Phi) is 2.52. The number of ketones is 1. The normalized spacial score (nSPS) is 45.1. The number of aliphatic hydroxyl groups is 1. The first-order chi connectivity index (χ1) is 8.87. The molecule has 3 aliphatic rings. The average molecular weight is 262 g/mol. The van der Waals surface area contributed by atoms with Crippen molar-refractivity contribution in [3.63, 3.8) is 0 Å². The van der Waals surface area contributed by atoms with Crippen LogP contribution >= 0.6 is 0 Å². The molecule has 1 saturated carbocycles. The summed E-state index contributed by atoms with van der Waals surface area (Å²) >= 11 is 0. The summed E-state index contributed by atoms with van der Waals surface area (Å²) in [4.78, 5) is 23.9. The Hall–Kier alpha value is -1.42. The van der Waals surface area contributed by atoms with Gasteiger partial charge in [-0.15, -0.1) is 0 Å². The molecule has 0 aromatic heterocycles. The van der Waals surface area contributed by atoms with E-state index in [1.807, 2.05) is 13.0 Å². The number of rotatable bonds is 0. The van der Waals surface area contributed by atoms with Crippen LogP contribution in [0.25, 0.3) is 0 Å². The largest absolute Gasteiger partial charge is 0.454 e. The molecule has 0 bridgehead atoms. The molecule has 1 fully saturated rings. The minimum absolute atomic E-state index is 0.000368. The molecular weight excluding hydrogens is 244 g/mol. The van der Waals surface area contributed by atoms with Gasteiger partial charge in [0.1, 0.15) is 6.10 Å². The Balaban J connectivity index is 2.15. The van der Waals surface area contributed by atoms with Gasteiger partial charge in [0.2, 0.25) is 0 Å². The molecule has 5 unspecified atom stereocenters. The van der Waals surface area contributed by atoms with E-state index >= 15 is 0 Å². The first-order valence-electron chi connectivity index (χ1n) is 6.69. The molecule has 0 saturated heterocycles. The maximum atomic E-state index is 12.2. The zero-order valence-corrected chi connectivity index (χ0v) is 11.3. The molecule has 0 spiro atoms. The third-order valence-electron chi connectivity index (χ3n) is 5.08. The molecule has 0 aromatic carbocycles. The highest BCUT2D eigenvalue weighted by molar-refractivity contribution is 5.99. The lowest BCUT2D eigenvalue weighted by Crippen LogP contribution is -2.43. The van der Waals surface area contributed by atoms with Crippen molar-refractivity contribution in [1.29, 1.82) is 0 Å². The third kappa shape index (κ3) is 1.43. The molecule has 4 nitrogen and oxygen atoms in total. The van der Waals surface area contributed by atoms with Gasteiger partial charge in [-0.25, -0.2) is 4.79 Å². The lowest BCUT2D eigenvalue weighted by molar-refractivity contribution is -0.140. The fourth-order valence-corrected chi connectivity index (χ4v) is 3.84. The molecule has 0 radical (unpaired) electrons. The summed E-state index contributed by atoms with van der Waals surface area (Å²) < 4.78 is 5.34. The van der Waals surface area contributed by atoms with E-state index < -0.39 is 11.5 Å². The molecule has 1 heterocycles. The van der Waals surface area contributed by atoms with E-state index in [-0.39, 0.29) is 29.7 Å². The zero-order valence-electron chi connectivity index (χ0n) is 11.3. The van der Waals surface area contributed by atoms with Crippen molar-refractivity contribution in [2.24, 2.45) is 17.3 Å². The van der Waals surface area contributed by atoms with Crippen molar-refractivity contribution in [2.75, 3.05) is 0 Å². The van der Waals surface area contributed by atoms with E-state index in [0.29, 0.717) is 17.6 Å². The van der Waals surface area contributed by atoms with E-state index in [1.165, 1.54) is 0 Å². The van der Waals surface area contributed by atoms with Gasteiger partial charge in [0, 0.05) is 11.1 Å². The van der Waals surface area contributed by atoms with E-state index in [9.17, 15) is 14.7 Å². The van der Waals surface area contributed by atoms with E-state index in [1.54, 1.807) is 19.9 Å². The summed E-state index contributed by atoms with van der Waals surface area (Å²) in [6, 6.07) is 0. The van der Waals surface area contributed by atoms with Crippen LogP contribution in [0.3, 0.4) is 0 Å². The van der Waals surface area contributed by atoms with Gasteiger partial charge in [-0.05, 0) is 38.2 Å². The minimum atomic E-state index is -0.943. The van der Waals surface area contributed by atoms with Crippen LogP contribution in [0.4, 0.5) is 0 Å². The van der Waals surface area contributed by atoms with Crippen LogP contribution in [-0.4, -0.2) is 29.1 Å². The monoisotopic (exact) mass is 262 g/mol. The van der Waals surface area contributed by atoms with E-state index in [4.69, 9.17) is 4.74 Å². The van der Waals surface area contributed by atoms with Gasteiger partial charge in [-0.2, -0.15) is 0 Å². The average Bonchev–Trinajstić information content (AvgIpc) is 2.77. The standard InChI is InChI=1S/C15H18O4/c1-7-6-10-12(8(2)14(18)19-10)13(17)15(3)9(7)4-5-11(15)16/h4-5,7,9-10,13,17H,6H2,1-3H3. The molecule has 102 valence electrons. The second-order valence-corrected chi connectivity index (χ2v) is 6.12. The van der Waals surface area contributed by atoms with Crippen LogP contribution in [-0.2, 0) is 14.3 Å². The Morgan fingerprint density at radius 2 is 2.11 bits per heavy atom. The molecule has 0 amide bonds. The van der Waals surface area contributed by atoms with Crippen LogP contribution in [0.5, 0.6) is 0 Å². The van der Waals surface area contributed by atoms with Crippen LogP contribution in [0, 0.1) is 17.3 Å². The van der Waals surface area contributed by atoms with Crippen molar-refractivity contribution in [3.05, 3.63) is 23.3 Å². The Morgan fingerprint density at radius 3 is 2.79 bits per heavy atom. The number of hydrogen-bond acceptors (Lipinski definition) is 4. The lowest BCUT2D eigenvalue weighted by atomic mass is 9.69. The third-order valence-corrected chi connectivity index (χ3v) is 5.08. The predicted octanol–water partition coefficient (Wildman–Crippen LogP) is 1.39. The molecule has 19 heavy (non-hydrogen) atoms. The quantitative estimate of drug-likeness (QED) is 0.670. The second-order valence-electron chi connectivity index (χ2n) is 6.12. The number of carbonyl (C=O) groups excluding carboxylic acids is 2. The van der Waals surface area contributed by atoms with Crippen LogP contribution < -0.4 is 0 Å². The number of esters is 1. The van der Waals surface area contributed by atoms with E-state index in [0.717, 1.165) is 0 Å². The van der Waals surface area contributed by atoms with Crippen molar-refractivity contribution in [3.8, 4) is 0 Å². The molecule has 0 aromatic rings. The van der Waals surface area contributed by atoms with Crippen molar-refractivity contribution in [1.82, 2.24) is 0 Å². The minimum Gasteiger partial charge on any atom is -0.454 e. The summed E-state index contributed by atoms with van der Waals surface area (Å²) in [5.41, 5.74) is 0.212. The molecule has 1 aliphatic heterocycles. The maximum Gasteiger partial charge on any atom is 0.334 e. The second kappa shape index (κ2) is 3.79. The van der Waals surface area contributed by atoms with Gasteiger partial charge >= 0.3 is 5.97 Å².